The van der Waals surface area contributed by atoms with E-state index in [9.17, 15) is 4.79 Å². The first kappa shape index (κ1) is 37.2. The van der Waals surface area contributed by atoms with Crippen LogP contribution < -0.4 is 9.47 Å². The molecule has 3 rings (SSSR count). The van der Waals surface area contributed by atoms with Crippen molar-refractivity contribution in [2.24, 2.45) is 0 Å². The molecule has 0 radical (unpaired) electrons. The van der Waals surface area contributed by atoms with E-state index in [2.05, 4.69) is 50.2 Å². The first-order chi connectivity index (χ1) is 22.6. The standard InChI is InChI=1S/C42H60O4/c1-4-6-8-10-11-12-13-14-15-16-17-19-33-44-40-29-25-37(26-30-40)38-27-31-41(32-28-38)45-34-36-21-23-39(24-22-36)42(43)46-35(3)20-18-9-7-5-2/h21-32,35H,4-20,33-34H2,1-3H3. The third kappa shape index (κ3) is 15.3. The van der Waals surface area contributed by atoms with E-state index >= 15 is 0 Å². The molecule has 0 fully saturated rings. The number of rotatable bonds is 25. The number of unbranched alkanes of at least 4 members (excludes halogenated alkanes) is 14. The van der Waals surface area contributed by atoms with Crippen LogP contribution in [0.4, 0.5) is 0 Å². The monoisotopic (exact) mass is 628 g/mol. The molecule has 0 aliphatic heterocycles. The van der Waals surface area contributed by atoms with Crippen LogP contribution in [0.5, 0.6) is 11.5 Å². The number of carbonyl (C=O) groups excluding carboxylic acids is 1. The molecular weight excluding hydrogens is 568 g/mol. The number of benzene rings is 3. The van der Waals surface area contributed by atoms with E-state index in [1.807, 2.05) is 43.3 Å². The Morgan fingerprint density at radius 1 is 0.543 bits per heavy atom. The Hall–Kier alpha value is -3.27. The molecule has 1 unspecified atom stereocenters. The molecule has 3 aromatic rings. The fourth-order valence-electron chi connectivity index (χ4n) is 5.69. The van der Waals surface area contributed by atoms with Crippen LogP contribution in [-0.2, 0) is 11.3 Å². The molecule has 46 heavy (non-hydrogen) atoms. The maximum Gasteiger partial charge on any atom is 0.338 e. The highest BCUT2D eigenvalue weighted by Gasteiger charge is 2.12. The summed E-state index contributed by atoms with van der Waals surface area (Å²) in [5, 5.41) is 0. The first-order valence-corrected chi connectivity index (χ1v) is 18.3. The van der Waals surface area contributed by atoms with Crippen LogP contribution in [-0.4, -0.2) is 18.7 Å². The predicted molar refractivity (Wildman–Crippen MR) is 193 cm³/mol. The molecule has 0 saturated heterocycles. The number of hydrogen-bond donors (Lipinski definition) is 0. The number of carbonyl (C=O) groups is 1. The van der Waals surface area contributed by atoms with Crippen molar-refractivity contribution in [3.8, 4) is 22.6 Å². The second-order valence-electron chi connectivity index (χ2n) is 12.8. The van der Waals surface area contributed by atoms with Crippen molar-refractivity contribution in [1.82, 2.24) is 0 Å². The molecule has 0 saturated carbocycles. The molecule has 0 heterocycles. The van der Waals surface area contributed by atoms with Gasteiger partial charge in [0.2, 0.25) is 0 Å². The summed E-state index contributed by atoms with van der Waals surface area (Å²) in [7, 11) is 0. The molecule has 0 aliphatic carbocycles. The van der Waals surface area contributed by atoms with Gasteiger partial charge in [-0.05, 0) is 79.3 Å². The molecule has 3 aromatic carbocycles. The van der Waals surface area contributed by atoms with Gasteiger partial charge in [-0.2, -0.15) is 0 Å². The summed E-state index contributed by atoms with van der Waals surface area (Å²) in [6.45, 7) is 7.68. The molecule has 4 heteroatoms. The topological polar surface area (TPSA) is 44.8 Å². The van der Waals surface area contributed by atoms with E-state index in [-0.39, 0.29) is 12.1 Å². The molecule has 0 spiro atoms. The fraction of sp³-hybridized carbons (Fsp3) is 0.548. The summed E-state index contributed by atoms with van der Waals surface area (Å²) in [6, 6.07) is 24.0. The normalized spacial score (nSPS) is 11.7. The van der Waals surface area contributed by atoms with Crippen LogP contribution in [0.15, 0.2) is 72.8 Å². The summed E-state index contributed by atoms with van der Waals surface area (Å²) < 4.78 is 17.6. The Labute approximate surface area is 280 Å². The van der Waals surface area contributed by atoms with E-state index in [4.69, 9.17) is 14.2 Å². The minimum atomic E-state index is -0.259. The highest BCUT2D eigenvalue weighted by Crippen LogP contribution is 2.25. The molecule has 0 N–H and O–H groups in total. The zero-order valence-electron chi connectivity index (χ0n) is 29.1. The Morgan fingerprint density at radius 3 is 1.52 bits per heavy atom. The Morgan fingerprint density at radius 2 is 1.00 bits per heavy atom. The molecule has 4 nitrogen and oxygen atoms in total. The summed E-state index contributed by atoms with van der Waals surface area (Å²) >= 11 is 0. The minimum absolute atomic E-state index is 0.0597. The summed E-state index contributed by atoms with van der Waals surface area (Å²) in [4.78, 5) is 12.5. The van der Waals surface area contributed by atoms with Crippen LogP contribution in [0.2, 0.25) is 0 Å². The predicted octanol–water partition coefficient (Wildman–Crippen LogP) is 12.5. The van der Waals surface area contributed by atoms with Crippen molar-refractivity contribution in [2.75, 3.05) is 6.61 Å². The summed E-state index contributed by atoms with van der Waals surface area (Å²) in [5.41, 5.74) is 3.88. The molecule has 0 amide bonds. The molecule has 252 valence electrons. The van der Waals surface area contributed by atoms with Gasteiger partial charge in [0.25, 0.3) is 0 Å². The Kier molecular flexibility index (Phi) is 18.7. The number of esters is 1. The second-order valence-corrected chi connectivity index (χ2v) is 12.8. The summed E-state index contributed by atoms with van der Waals surface area (Å²) in [6.07, 6.45) is 21.8. The molecule has 0 aliphatic rings. The smallest absolute Gasteiger partial charge is 0.338 e. The van der Waals surface area contributed by atoms with Crippen molar-refractivity contribution in [3.05, 3.63) is 83.9 Å². The van der Waals surface area contributed by atoms with E-state index in [0.29, 0.717) is 12.2 Å². The Bertz CT molecular complexity index is 1180. The van der Waals surface area contributed by atoms with Crippen molar-refractivity contribution in [3.63, 3.8) is 0 Å². The lowest BCUT2D eigenvalue weighted by atomic mass is 10.1. The average Bonchev–Trinajstić information content (AvgIpc) is 3.08. The van der Waals surface area contributed by atoms with Gasteiger partial charge in [-0.25, -0.2) is 4.79 Å². The van der Waals surface area contributed by atoms with Crippen LogP contribution in [0.3, 0.4) is 0 Å². The maximum absolute atomic E-state index is 12.5. The third-order valence-corrected chi connectivity index (χ3v) is 8.68. The highest BCUT2D eigenvalue weighted by atomic mass is 16.5. The SMILES string of the molecule is CCCCCCCCCCCCCCOc1ccc(-c2ccc(OCc3ccc(C(=O)OC(C)CCCCCC)cc3)cc2)cc1. The fourth-order valence-corrected chi connectivity index (χ4v) is 5.69. The van der Waals surface area contributed by atoms with Gasteiger partial charge in [-0.15, -0.1) is 0 Å². The minimum Gasteiger partial charge on any atom is -0.494 e. The average molecular weight is 629 g/mol. The molecule has 0 aromatic heterocycles. The van der Waals surface area contributed by atoms with Crippen LogP contribution in [0.1, 0.15) is 146 Å². The lowest BCUT2D eigenvalue weighted by Gasteiger charge is -2.13. The lowest BCUT2D eigenvalue weighted by molar-refractivity contribution is 0.0319. The van der Waals surface area contributed by atoms with Gasteiger partial charge >= 0.3 is 5.97 Å². The zero-order valence-corrected chi connectivity index (χ0v) is 29.1. The lowest BCUT2D eigenvalue weighted by Crippen LogP contribution is -2.15. The highest BCUT2D eigenvalue weighted by molar-refractivity contribution is 5.89. The van der Waals surface area contributed by atoms with Gasteiger partial charge in [0.15, 0.2) is 0 Å². The van der Waals surface area contributed by atoms with Gasteiger partial charge < -0.3 is 14.2 Å². The van der Waals surface area contributed by atoms with Gasteiger partial charge in [0, 0.05) is 0 Å². The van der Waals surface area contributed by atoms with Crippen molar-refractivity contribution < 1.29 is 19.0 Å². The van der Waals surface area contributed by atoms with E-state index in [1.54, 1.807) is 0 Å². The van der Waals surface area contributed by atoms with Gasteiger partial charge in [0.1, 0.15) is 18.1 Å². The first-order valence-electron chi connectivity index (χ1n) is 18.3. The van der Waals surface area contributed by atoms with Crippen LogP contribution >= 0.6 is 0 Å². The van der Waals surface area contributed by atoms with E-state index in [1.165, 1.54) is 89.9 Å². The molecule has 1 atom stereocenters. The van der Waals surface area contributed by atoms with E-state index in [0.717, 1.165) is 54.1 Å². The van der Waals surface area contributed by atoms with Gasteiger partial charge in [-0.3, -0.25) is 0 Å². The van der Waals surface area contributed by atoms with Crippen LogP contribution in [0.25, 0.3) is 11.1 Å². The van der Waals surface area contributed by atoms with Gasteiger partial charge in [-0.1, -0.05) is 140 Å². The van der Waals surface area contributed by atoms with Gasteiger partial charge in [0.05, 0.1) is 18.3 Å². The largest absolute Gasteiger partial charge is 0.494 e. The quantitative estimate of drug-likeness (QED) is 0.0692. The zero-order chi connectivity index (χ0) is 32.7. The van der Waals surface area contributed by atoms with Crippen LogP contribution in [0, 0.1) is 0 Å². The third-order valence-electron chi connectivity index (χ3n) is 8.68. The molecular formula is C42H60O4. The number of hydrogen-bond acceptors (Lipinski definition) is 4. The number of ether oxygens (including phenoxy) is 3. The second kappa shape index (κ2) is 23.1. The van der Waals surface area contributed by atoms with Crippen molar-refractivity contribution >= 4 is 5.97 Å². The van der Waals surface area contributed by atoms with Crippen molar-refractivity contribution in [2.45, 2.75) is 143 Å². The Balaban J connectivity index is 1.29. The summed E-state index contributed by atoms with van der Waals surface area (Å²) in [5.74, 6) is 1.49. The molecule has 0 bridgehead atoms. The van der Waals surface area contributed by atoms with Crippen molar-refractivity contribution in [1.29, 1.82) is 0 Å². The maximum atomic E-state index is 12.5. The van der Waals surface area contributed by atoms with E-state index < -0.39 is 0 Å².